The molecule has 4 nitrogen and oxygen atoms in total. The van der Waals surface area contributed by atoms with Gasteiger partial charge in [0.2, 0.25) is 0 Å². The summed E-state index contributed by atoms with van der Waals surface area (Å²) in [6.45, 7) is 3.44. The van der Waals surface area contributed by atoms with Crippen molar-refractivity contribution in [2.24, 2.45) is 0 Å². The average Bonchev–Trinajstić information content (AvgIpc) is 3.04. The van der Waals surface area contributed by atoms with Crippen LogP contribution in [0.2, 0.25) is 0 Å². The van der Waals surface area contributed by atoms with Gasteiger partial charge in [-0.3, -0.25) is 4.79 Å². The van der Waals surface area contributed by atoms with E-state index in [4.69, 9.17) is 4.74 Å². The molecule has 2 aromatic rings. The van der Waals surface area contributed by atoms with Crippen LogP contribution >= 0.6 is 0 Å². The number of hydrogen-bond donors (Lipinski definition) is 0. The molecule has 1 aromatic heterocycles. The maximum absolute atomic E-state index is 12.6. The molecule has 0 atom stereocenters. The van der Waals surface area contributed by atoms with Crippen LogP contribution < -0.4 is 10.3 Å². The second-order valence-electron chi connectivity index (χ2n) is 5.46. The standard InChI is InChI=1S/C18H18N2O2/c1-2-10-22-15-7-5-13(6-8-15)16-11-14(12-19)17-4-3-9-20(17)18(16)21/h5-8,11H,2-4,9-10H2,1H3. The van der Waals surface area contributed by atoms with E-state index in [0.717, 1.165) is 36.3 Å². The van der Waals surface area contributed by atoms with Gasteiger partial charge in [-0.1, -0.05) is 19.1 Å². The van der Waals surface area contributed by atoms with Gasteiger partial charge in [0.05, 0.1) is 12.2 Å². The van der Waals surface area contributed by atoms with Crippen LogP contribution in [0, 0.1) is 11.3 Å². The SMILES string of the molecule is CCCOc1ccc(-c2cc(C#N)c3n(c2=O)CCC3)cc1. The number of benzene rings is 1. The third kappa shape index (κ3) is 2.50. The average molecular weight is 294 g/mol. The molecule has 0 radical (unpaired) electrons. The molecule has 22 heavy (non-hydrogen) atoms. The molecule has 1 aliphatic rings. The van der Waals surface area contributed by atoms with Gasteiger partial charge >= 0.3 is 0 Å². The van der Waals surface area contributed by atoms with Crippen molar-refractivity contribution in [3.8, 4) is 22.9 Å². The summed E-state index contributed by atoms with van der Waals surface area (Å²) in [7, 11) is 0. The van der Waals surface area contributed by atoms with Crippen LogP contribution in [0.25, 0.3) is 11.1 Å². The highest BCUT2D eigenvalue weighted by atomic mass is 16.5. The molecule has 0 fully saturated rings. The molecule has 1 aromatic carbocycles. The first-order chi connectivity index (χ1) is 10.7. The number of rotatable bonds is 4. The fourth-order valence-electron chi connectivity index (χ4n) is 2.87. The molecule has 4 heteroatoms. The molecular formula is C18H18N2O2. The Morgan fingerprint density at radius 1 is 1.32 bits per heavy atom. The predicted octanol–water partition coefficient (Wildman–Crippen LogP) is 3.12. The van der Waals surface area contributed by atoms with E-state index in [1.165, 1.54) is 0 Å². The third-order valence-electron chi connectivity index (χ3n) is 3.95. The number of aromatic nitrogens is 1. The molecule has 0 spiro atoms. The lowest BCUT2D eigenvalue weighted by Gasteiger charge is -2.10. The van der Waals surface area contributed by atoms with E-state index in [0.29, 0.717) is 24.3 Å². The minimum absolute atomic E-state index is 0.00581. The summed E-state index contributed by atoms with van der Waals surface area (Å²) in [5.74, 6) is 0.798. The van der Waals surface area contributed by atoms with Gasteiger partial charge in [-0.2, -0.15) is 5.26 Å². The Balaban J connectivity index is 2.02. The minimum atomic E-state index is -0.00581. The molecule has 0 aliphatic carbocycles. The Morgan fingerprint density at radius 2 is 2.09 bits per heavy atom. The van der Waals surface area contributed by atoms with Crippen LogP contribution in [-0.2, 0) is 13.0 Å². The highest BCUT2D eigenvalue weighted by molar-refractivity contribution is 5.65. The van der Waals surface area contributed by atoms with Crippen LogP contribution in [-0.4, -0.2) is 11.2 Å². The molecule has 1 aliphatic heterocycles. The fourth-order valence-corrected chi connectivity index (χ4v) is 2.87. The zero-order valence-corrected chi connectivity index (χ0v) is 12.6. The summed E-state index contributed by atoms with van der Waals surface area (Å²) < 4.78 is 7.30. The van der Waals surface area contributed by atoms with Crippen molar-refractivity contribution in [2.45, 2.75) is 32.7 Å². The van der Waals surface area contributed by atoms with E-state index in [1.807, 2.05) is 24.3 Å². The summed E-state index contributed by atoms with van der Waals surface area (Å²) in [5.41, 5.74) is 2.89. The number of hydrogen-bond acceptors (Lipinski definition) is 3. The summed E-state index contributed by atoms with van der Waals surface area (Å²) in [5, 5.41) is 9.32. The molecule has 0 N–H and O–H groups in total. The maximum atomic E-state index is 12.6. The zero-order valence-electron chi connectivity index (χ0n) is 12.6. The molecule has 3 rings (SSSR count). The summed E-state index contributed by atoms with van der Waals surface area (Å²) in [4.78, 5) is 12.6. The Hall–Kier alpha value is -2.54. The second-order valence-corrected chi connectivity index (χ2v) is 5.46. The highest BCUT2D eigenvalue weighted by Gasteiger charge is 2.19. The van der Waals surface area contributed by atoms with Gasteiger partial charge in [0, 0.05) is 17.8 Å². The number of pyridine rings is 1. The van der Waals surface area contributed by atoms with Crippen molar-refractivity contribution in [3.05, 3.63) is 51.9 Å². The molecule has 2 heterocycles. The van der Waals surface area contributed by atoms with Gasteiger partial charge in [-0.25, -0.2) is 0 Å². The zero-order chi connectivity index (χ0) is 15.5. The molecule has 0 saturated carbocycles. The Kier molecular flexibility index (Phi) is 3.97. The van der Waals surface area contributed by atoms with Crippen LogP contribution in [0.1, 0.15) is 31.0 Å². The van der Waals surface area contributed by atoms with Crippen molar-refractivity contribution in [2.75, 3.05) is 6.61 Å². The second kappa shape index (κ2) is 6.07. The van der Waals surface area contributed by atoms with Gasteiger partial charge in [-0.15, -0.1) is 0 Å². The van der Waals surface area contributed by atoms with Crippen molar-refractivity contribution in [3.63, 3.8) is 0 Å². The smallest absolute Gasteiger partial charge is 0.258 e. The Bertz CT molecular complexity index is 782. The van der Waals surface area contributed by atoms with Gasteiger partial charge in [0.1, 0.15) is 11.8 Å². The highest BCUT2D eigenvalue weighted by Crippen LogP contribution is 2.24. The molecule has 0 bridgehead atoms. The number of nitriles is 1. The third-order valence-corrected chi connectivity index (χ3v) is 3.95. The van der Waals surface area contributed by atoms with Gasteiger partial charge in [0.25, 0.3) is 5.56 Å². The first kappa shape index (κ1) is 14.4. The molecule has 0 saturated heterocycles. The van der Waals surface area contributed by atoms with Crippen molar-refractivity contribution in [1.29, 1.82) is 5.26 Å². The van der Waals surface area contributed by atoms with E-state index in [9.17, 15) is 10.1 Å². The number of ether oxygens (including phenoxy) is 1. The topological polar surface area (TPSA) is 55.0 Å². The fraction of sp³-hybridized carbons (Fsp3) is 0.333. The molecular weight excluding hydrogens is 276 g/mol. The first-order valence-electron chi connectivity index (χ1n) is 7.64. The van der Waals surface area contributed by atoms with Gasteiger partial charge < -0.3 is 9.30 Å². The lowest BCUT2D eigenvalue weighted by atomic mass is 10.0. The lowest BCUT2D eigenvalue weighted by Crippen LogP contribution is -2.22. The number of fused-ring (bicyclic) bond motifs is 1. The van der Waals surface area contributed by atoms with E-state index in [1.54, 1.807) is 10.6 Å². The quantitative estimate of drug-likeness (QED) is 0.870. The Morgan fingerprint density at radius 3 is 2.77 bits per heavy atom. The predicted molar refractivity (Wildman–Crippen MR) is 85.0 cm³/mol. The normalized spacial score (nSPS) is 12.7. The van der Waals surface area contributed by atoms with E-state index < -0.39 is 0 Å². The van der Waals surface area contributed by atoms with Crippen LogP contribution in [0.5, 0.6) is 5.75 Å². The first-order valence-corrected chi connectivity index (χ1v) is 7.64. The molecule has 0 unspecified atom stereocenters. The summed E-state index contributed by atoms with van der Waals surface area (Å²) >= 11 is 0. The lowest BCUT2D eigenvalue weighted by molar-refractivity contribution is 0.317. The molecule has 0 amide bonds. The maximum Gasteiger partial charge on any atom is 0.258 e. The molecule has 112 valence electrons. The van der Waals surface area contributed by atoms with Crippen molar-refractivity contribution >= 4 is 0 Å². The van der Waals surface area contributed by atoms with Crippen LogP contribution in [0.4, 0.5) is 0 Å². The van der Waals surface area contributed by atoms with E-state index in [2.05, 4.69) is 13.0 Å². The monoisotopic (exact) mass is 294 g/mol. The largest absolute Gasteiger partial charge is 0.494 e. The van der Waals surface area contributed by atoms with Gasteiger partial charge in [-0.05, 0) is 43.0 Å². The van der Waals surface area contributed by atoms with Crippen molar-refractivity contribution < 1.29 is 4.74 Å². The van der Waals surface area contributed by atoms with Crippen LogP contribution in [0.3, 0.4) is 0 Å². The Labute approximate surface area is 129 Å². The van der Waals surface area contributed by atoms with E-state index >= 15 is 0 Å². The number of nitrogens with zero attached hydrogens (tertiary/aromatic N) is 2. The van der Waals surface area contributed by atoms with Crippen LogP contribution in [0.15, 0.2) is 35.1 Å². The van der Waals surface area contributed by atoms with Crippen molar-refractivity contribution in [1.82, 2.24) is 4.57 Å². The van der Waals surface area contributed by atoms with Gasteiger partial charge in [0.15, 0.2) is 0 Å². The minimum Gasteiger partial charge on any atom is -0.494 e. The van der Waals surface area contributed by atoms with E-state index in [-0.39, 0.29) is 5.56 Å². The summed E-state index contributed by atoms with van der Waals surface area (Å²) in [6, 6.07) is 11.4. The summed E-state index contributed by atoms with van der Waals surface area (Å²) in [6.07, 6.45) is 2.69.